The molecule has 1 heterocycles. The maximum absolute atomic E-state index is 4.16. The Kier molecular flexibility index (Phi) is 3.29. The first-order chi connectivity index (χ1) is 5.74. The van der Waals surface area contributed by atoms with Crippen molar-refractivity contribution in [2.45, 2.75) is 33.4 Å². The van der Waals surface area contributed by atoms with Gasteiger partial charge in [0, 0.05) is 25.0 Å². The van der Waals surface area contributed by atoms with Crippen molar-refractivity contribution in [2.24, 2.45) is 0 Å². The van der Waals surface area contributed by atoms with E-state index in [1.54, 1.807) is 0 Å². The molecule has 1 aromatic rings. The van der Waals surface area contributed by atoms with Gasteiger partial charge in [0.2, 0.25) is 0 Å². The van der Waals surface area contributed by atoms with Crippen LogP contribution in [0.5, 0.6) is 0 Å². The van der Waals surface area contributed by atoms with Gasteiger partial charge >= 0.3 is 0 Å². The highest BCUT2D eigenvalue weighted by atomic mass is 15.1. The number of hydrogen-bond acceptors (Lipinski definition) is 2. The third kappa shape index (κ3) is 2.34. The maximum atomic E-state index is 4.16. The largest absolute Gasteiger partial charge is 0.334 e. The van der Waals surface area contributed by atoms with Crippen LogP contribution in [0.25, 0.3) is 0 Å². The molecular weight excluding hydrogens is 150 g/mol. The molecular formula is C9H17N3. The molecule has 1 atom stereocenters. The van der Waals surface area contributed by atoms with Gasteiger partial charge in [-0.25, -0.2) is 4.98 Å². The second-order valence-corrected chi connectivity index (χ2v) is 3.09. The molecule has 0 bridgehead atoms. The molecule has 0 radical (unpaired) electrons. The Morgan fingerprint density at radius 1 is 1.67 bits per heavy atom. The van der Waals surface area contributed by atoms with Crippen LogP contribution in [0.15, 0.2) is 12.4 Å². The fourth-order valence-electron chi connectivity index (χ4n) is 1.30. The molecule has 0 spiro atoms. The third-order valence-electron chi connectivity index (χ3n) is 1.95. The van der Waals surface area contributed by atoms with Crippen LogP contribution < -0.4 is 5.32 Å². The number of nitrogens with zero attached hydrogens (tertiary/aromatic N) is 2. The normalized spacial score (nSPS) is 13.2. The van der Waals surface area contributed by atoms with Crippen LogP contribution in [0, 0.1) is 6.92 Å². The molecule has 0 fully saturated rings. The molecule has 12 heavy (non-hydrogen) atoms. The number of imidazole rings is 1. The minimum Gasteiger partial charge on any atom is -0.334 e. The number of aromatic nitrogens is 2. The molecule has 1 rings (SSSR count). The van der Waals surface area contributed by atoms with Crippen molar-refractivity contribution in [1.29, 1.82) is 0 Å². The molecule has 1 aromatic heterocycles. The number of rotatable bonds is 4. The zero-order valence-electron chi connectivity index (χ0n) is 8.04. The second-order valence-electron chi connectivity index (χ2n) is 3.09. The summed E-state index contributed by atoms with van der Waals surface area (Å²) in [5, 5.41) is 3.36. The van der Waals surface area contributed by atoms with Gasteiger partial charge < -0.3 is 9.88 Å². The van der Waals surface area contributed by atoms with Gasteiger partial charge in [-0.1, -0.05) is 6.92 Å². The molecule has 0 amide bonds. The van der Waals surface area contributed by atoms with Crippen molar-refractivity contribution in [3.05, 3.63) is 18.2 Å². The smallest absolute Gasteiger partial charge is 0.105 e. The summed E-state index contributed by atoms with van der Waals surface area (Å²) in [6, 6.07) is 0.517. The number of hydrogen-bond donors (Lipinski definition) is 1. The van der Waals surface area contributed by atoms with Gasteiger partial charge in [-0.15, -0.1) is 0 Å². The lowest BCUT2D eigenvalue weighted by Crippen LogP contribution is -2.30. The topological polar surface area (TPSA) is 29.9 Å². The first-order valence-corrected chi connectivity index (χ1v) is 4.45. The molecule has 68 valence electrons. The van der Waals surface area contributed by atoms with Crippen molar-refractivity contribution in [3.8, 4) is 0 Å². The molecule has 0 aromatic carbocycles. The summed E-state index contributed by atoms with van der Waals surface area (Å²) in [5.41, 5.74) is 0. The molecule has 0 saturated heterocycles. The Morgan fingerprint density at radius 2 is 2.42 bits per heavy atom. The quantitative estimate of drug-likeness (QED) is 0.730. The van der Waals surface area contributed by atoms with Gasteiger partial charge in [-0.3, -0.25) is 0 Å². The second kappa shape index (κ2) is 4.26. The van der Waals surface area contributed by atoms with E-state index in [4.69, 9.17) is 0 Å². The SMILES string of the molecule is CCNC(C)Cn1ccnc1C. The lowest BCUT2D eigenvalue weighted by molar-refractivity contribution is 0.483. The Bertz CT molecular complexity index is 229. The fraction of sp³-hybridized carbons (Fsp3) is 0.667. The average molecular weight is 167 g/mol. The van der Waals surface area contributed by atoms with E-state index in [1.807, 2.05) is 19.3 Å². The first-order valence-electron chi connectivity index (χ1n) is 4.45. The first kappa shape index (κ1) is 9.26. The fourth-order valence-corrected chi connectivity index (χ4v) is 1.30. The Labute approximate surface area is 73.8 Å². The van der Waals surface area contributed by atoms with E-state index in [0.717, 1.165) is 18.9 Å². The molecule has 0 aliphatic carbocycles. The van der Waals surface area contributed by atoms with Crippen LogP contribution in [0.4, 0.5) is 0 Å². The van der Waals surface area contributed by atoms with E-state index in [-0.39, 0.29) is 0 Å². The summed E-state index contributed by atoms with van der Waals surface area (Å²) in [5.74, 6) is 1.08. The predicted molar refractivity (Wildman–Crippen MR) is 50.1 cm³/mol. The van der Waals surface area contributed by atoms with E-state index in [9.17, 15) is 0 Å². The van der Waals surface area contributed by atoms with Crippen molar-refractivity contribution in [2.75, 3.05) is 6.54 Å². The Hall–Kier alpha value is -0.830. The van der Waals surface area contributed by atoms with Crippen molar-refractivity contribution in [1.82, 2.24) is 14.9 Å². The number of aryl methyl sites for hydroxylation is 1. The van der Waals surface area contributed by atoms with Crippen LogP contribution in [-0.4, -0.2) is 22.1 Å². The zero-order valence-corrected chi connectivity index (χ0v) is 8.04. The van der Waals surface area contributed by atoms with E-state index in [2.05, 4.69) is 28.7 Å². The van der Waals surface area contributed by atoms with Crippen molar-refractivity contribution >= 4 is 0 Å². The van der Waals surface area contributed by atoms with Crippen molar-refractivity contribution in [3.63, 3.8) is 0 Å². The third-order valence-corrected chi connectivity index (χ3v) is 1.95. The molecule has 0 saturated carbocycles. The molecule has 3 heteroatoms. The molecule has 1 unspecified atom stereocenters. The van der Waals surface area contributed by atoms with Crippen LogP contribution >= 0.6 is 0 Å². The van der Waals surface area contributed by atoms with Crippen LogP contribution in [-0.2, 0) is 6.54 Å². The van der Waals surface area contributed by atoms with Crippen LogP contribution in [0.3, 0.4) is 0 Å². The summed E-state index contributed by atoms with van der Waals surface area (Å²) in [7, 11) is 0. The lowest BCUT2D eigenvalue weighted by Gasteiger charge is -2.13. The summed E-state index contributed by atoms with van der Waals surface area (Å²) in [6.45, 7) is 8.35. The molecule has 1 N–H and O–H groups in total. The van der Waals surface area contributed by atoms with E-state index in [0.29, 0.717) is 6.04 Å². The summed E-state index contributed by atoms with van der Waals surface area (Å²) in [4.78, 5) is 4.16. The Morgan fingerprint density at radius 3 is 2.92 bits per heavy atom. The van der Waals surface area contributed by atoms with E-state index < -0.39 is 0 Å². The monoisotopic (exact) mass is 167 g/mol. The molecule has 0 aliphatic rings. The zero-order chi connectivity index (χ0) is 8.97. The van der Waals surface area contributed by atoms with E-state index >= 15 is 0 Å². The van der Waals surface area contributed by atoms with Crippen LogP contribution in [0.2, 0.25) is 0 Å². The van der Waals surface area contributed by atoms with Gasteiger partial charge in [-0.05, 0) is 20.4 Å². The predicted octanol–water partition coefficient (Wildman–Crippen LogP) is 1.19. The van der Waals surface area contributed by atoms with Gasteiger partial charge in [0.15, 0.2) is 0 Å². The summed E-state index contributed by atoms with van der Waals surface area (Å²) >= 11 is 0. The number of likely N-dealkylation sites (N-methyl/N-ethyl adjacent to an activating group) is 1. The summed E-state index contributed by atoms with van der Waals surface area (Å²) < 4.78 is 2.16. The highest BCUT2D eigenvalue weighted by Crippen LogP contribution is 1.97. The van der Waals surface area contributed by atoms with Crippen LogP contribution in [0.1, 0.15) is 19.7 Å². The molecule has 0 aliphatic heterocycles. The average Bonchev–Trinajstić information content (AvgIpc) is 2.37. The highest BCUT2D eigenvalue weighted by Gasteiger charge is 2.02. The number of nitrogens with one attached hydrogen (secondary N) is 1. The highest BCUT2D eigenvalue weighted by molar-refractivity contribution is 4.89. The van der Waals surface area contributed by atoms with Gasteiger partial charge in [0.1, 0.15) is 5.82 Å². The minimum absolute atomic E-state index is 0.517. The summed E-state index contributed by atoms with van der Waals surface area (Å²) in [6.07, 6.45) is 3.86. The van der Waals surface area contributed by atoms with E-state index in [1.165, 1.54) is 0 Å². The standard InChI is InChI=1S/C9H17N3/c1-4-10-8(2)7-12-6-5-11-9(12)3/h5-6,8,10H,4,7H2,1-3H3. The van der Waals surface area contributed by atoms with Gasteiger partial charge in [0.25, 0.3) is 0 Å². The minimum atomic E-state index is 0.517. The van der Waals surface area contributed by atoms with Crippen molar-refractivity contribution < 1.29 is 0 Å². The van der Waals surface area contributed by atoms with Gasteiger partial charge in [0.05, 0.1) is 0 Å². The lowest BCUT2D eigenvalue weighted by atomic mass is 10.3. The van der Waals surface area contributed by atoms with Gasteiger partial charge in [-0.2, -0.15) is 0 Å². The maximum Gasteiger partial charge on any atom is 0.105 e. The molecule has 3 nitrogen and oxygen atoms in total. The Balaban J connectivity index is 2.46.